The van der Waals surface area contributed by atoms with Crippen molar-refractivity contribution < 1.29 is 5.11 Å². The standard InChI is InChI=1S/C11H13ClN4OS.HI/c1-18-11(13-4-5-17)15-9-3-2-8-7(10(9)12)6-14-16-8;/h2-3,6,17H,4-5H2,1H3,(H,13,15)(H,14,16);1H. The molecule has 0 saturated carbocycles. The van der Waals surface area contributed by atoms with Crippen LogP contribution in [0.25, 0.3) is 10.9 Å². The number of aromatic amines is 1. The number of rotatable bonds is 3. The van der Waals surface area contributed by atoms with Gasteiger partial charge in [0.25, 0.3) is 0 Å². The SMILES string of the molecule is CSC(=NCCO)Nc1ccc2[nH]ncc2c1Cl.I. The van der Waals surface area contributed by atoms with Crippen molar-refractivity contribution in [3.8, 4) is 0 Å². The van der Waals surface area contributed by atoms with Crippen LogP contribution in [0.2, 0.25) is 5.02 Å². The maximum absolute atomic E-state index is 8.76. The van der Waals surface area contributed by atoms with Gasteiger partial charge in [0, 0.05) is 5.39 Å². The van der Waals surface area contributed by atoms with Crippen LogP contribution in [0.1, 0.15) is 0 Å². The molecular weight excluding hydrogens is 399 g/mol. The summed E-state index contributed by atoms with van der Waals surface area (Å²) in [4.78, 5) is 4.20. The fourth-order valence-electron chi connectivity index (χ4n) is 1.50. The van der Waals surface area contributed by atoms with Gasteiger partial charge in [-0.3, -0.25) is 10.1 Å². The lowest BCUT2D eigenvalue weighted by Gasteiger charge is -2.09. The van der Waals surface area contributed by atoms with Crippen LogP contribution in [0.4, 0.5) is 5.69 Å². The predicted octanol–water partition coefficient (Wildman–Crippen LogP) is 2.96. The summed E-state index contributed by atoms with van der Waals surface area (Å²) in [5.74, 6) is 0. The van der Waals surface area contributed by atoms with E-state index in [-0.39, 0.29) is 30.6 Å². The number of amidine groups is 1. The van der Waals surface area contributed by atoms with Gasteiger partial charge < -0.3 is 10.4 Å². The van der Waals surface area contributed by atoms with Gasteiger partial charge in [0.15, 0.2) is 5.17 Å². The number of benzene rings is 1. The quantitative estimate of drug-likeness (QED) is 0.412. The predicted molar refractivity (Wildman–Crippen MR) is 93.0 cm³/mol. The molecule has 0 amide bonds. The number of fused-ring (bicyclic) bond motifs is 1. The second-order valence-electron chi connectivity index (χ2n) is 3.50. The summed E-state index contributed by atoms with van der Waals surface area (Å²) < 4.78 is 0. The average Bonchev–Trinajstić information content (AvgIpc) is 2.86. The molecule has 0 aliphatic heterocycles. The number of hydrogen-bond donors (Lipinski definition) is 3. The number of aliphatic hydroxyl groups is 1. The number of H-pyrrole nitrogens is 1. The summed E-state index contributed by atoms with van der Waals surface area (Å²) in [7, 11) is 0. The highest BCUT2D eigenvalue weighted by atomic mass is 127. The molecule has 8 heteroatoms. The van der Waals surface area contributed by atoms with E-state index < -0.39 is 0 Å². The van der Waals surface area contributed by atoms with Crippen LogP contribution in [-0.2, 0) is 0 Å². The van der Waals surface area contributed by atoms with E-state index in [0.717, 1.165) is 16.6 Å². The molecular formula is C11H14ClIN4OS. The number of aliphatic hydroxyl groups excluding tert-OH is 1. The Morgan fingerprint density at radius 2 is 2.37 bits per heavy atom. The summed E-state index contributed by atoms with van der Waals surface area (Å²) in [6.45, 7) is 0.398. The third-order valence-corrected chi connectivity index (χ3v) is 3.37. The Labute approximate surface area is 137 Å². The molecule has 1 heterocycles. The summed E-state index contributed by atoms with van der Waals surface area (Å²) in [5.41, 5.74) is 1.67. The minimum Gasteiger partial charge on any atom is -0.394 e. The van der Waals surface area contributed by atoms with Crippen LogP contribution < -0.4 is 5.32 Å². The molecule has 1 aromatic carbocycles. The molecule has 2 rings (SSSR count). The van der Waals surface area contributed by atoms with Crippen molar-refractivity contribution in [2.75, 3.05) is 24.7 Å². The normalized spacial score (nSPS) is 11.4. The molecule has 3 N–H and O–H groups in total. The third-order valence-electron chi connectivity index (χ3n) is 2.35. The first kappa shape index (κ1) is 16.5. The minimum absolute atomic E-state index is 0. The van der Waals surface area contributed by atoms with Gasteiger partial charge in [-0.15, -0.1) is 24.0 Å². The van der Waals surface area contributed by atoms with Crippen molar-refractivity contribution in [1.82, 2.24) is 10.2 Å². The van der Waals surface area contributed by atoms with Crippen molar-refractivity contribution in [2.45, 2.75) is 0 Å². The highest BCUT2D eigenvalue weighted by Gasteiger charge is 2.08. The lowest BCUT2D eigenvalue weighted by Crippen LogP contribution is -2.09. The molecule has 0 saturated heterocycles. The molecule has 0 fully saturated rings. The maximum atomic E-state index is 8.76. The first-order chi connectivity index (χ1) is 8.76. The van der Waals surface area contributed by atoms with Gasteiger partial charge in [-0.2, -0.15) is 5.10 Å². The van der Waals surface area contributed by atoms with Crippen LogP contribution >= 0.6 is 47.3 Å². The zero-order valence-electron chi connectivity index (χ0n) is 10.2. The van der Waals surface area contributed by atoms with Gasteiger partial charge in [0.05, 0.1) is 35.6 Å². The molecule has 0 aliphatic rings. The Morgan fingerprint density at radius 1 is 1.58 bits per heavy atom. The number of nitrogens with one attached hydrogen (secondary N) is 2. The van der Waals surface area contributed by atoms with Crippen LogP contribution in [0, 0.1) is 0 Å². The molecule has 0 radical (unpaired) electrons. The lowest BCUT2D eigenvalue weighted by molar-refractivity contribution is 0.307. The van der Waals surface area contributed by atoms with Crippen molar-refractivity contribution in [3.05, 3.63) is 23.4 Å². The zero-order chi connectivity index (χ0) is 13.0. The van der Waals surface area contributed by atoms with Crippen molar-refractivity contribution in [1.29, 1.82) is 0 Å². The second kappa shape index (κ2) is 7.93. The van der Waals surface area contributed by atoms with E-state index in [1.807, 2.05) is 18.4 Å². The molecule has 0 aliphatic carbocycles. The average molecular weight is 413 g/mol. The maximum Gasteiger partial charge on any atom is 0.160 e. The van der Waals surface area contributed by atoms with Crippen molar-refractivity contribution >= 4 is 69.1 Å². The number of thioether (sulfide) groups is 1. The molecule has 0 spiro atoms. The highest BCUT2D eigenvalue weighted by Crippen LogP contribution is 2.30. The number of aliphatic imine (C=N–C) groups is 1. The molecule has 1 aromatic heterocycles. The smallest absolute Gasteiger partial charge is 0.160 e. The van der Waals surface area contributed by atoms with Gasteiger partial charge in [-0.1, -0.05) is 23.4 Å². The fourth-order valence-corrected chi connectivity index (χ4v) is 2.19. The van der Waals surface area contributed by atoms with Crippen LogP contribution in [0.15, 0.2) is 23.3 Å². The summed E-state index contributed by atoms with van der Waals surface area (Å²) >= 11 is 7.75. The van der Waals surface area contributed by atoms with E-state index in [4.69, 9.17) is 16.7 Å². The van der Waals surface area contributed by atoms with E-state index in [2.05, 4.69) is 20.5 Å². The molecule has 104 valence electrons. The zero-order valence-corrected chi connectivity index (χ0v) is 14.1. The number of anilines is 1. The molecule has 0 bridgehead atoms. The van der Waals surface area contributed by atoms with Gasteiger partial charge in [0.1, 0.15) is 0 Å². The van der Waals surface area contributed by atoms with Crippen molar-refractivity contribution in [2.24, 2.45) is 4.99 Å². The topological polar surface area (TPSA) is 73.3 Å². The number of halogens is 2. The van der Waals surface area contributed by atoms with E-state index in [1.54, 1.807) is 6.20 Å². The van der Waals surface area contributed by atoms with Crippen molar-refractivity contribution in [3.63, 3.8) is 0 Å². The highest BCUT2D eigenvalue weighted by molar-refractivity contribution is 14.0. The number of nitrogens with zero attached hydrogens (tertiary/aromatic N) is 2. The summed E-state index contributed by atoms with van der Waals surface area (Å²) in [6.07, 6.45) is 3.60. The van der Waals surface area contributed by atoms with Gasteiger partial charge in [-0.05, 0) is 18.4 Å². The first-order valence-electron chi connectivity index (χ1n) is 5.34. The first-order valence-corrected chi connectivity index (χ1v) is 6.94. The minimum atomic E-state index is 0. The molecule has 2 aromatic rings. The number of aromatic nitrogens is 2. The molecule has 19 heavy (non-hydrogen) atoms. The Kier molecular flexibility index (Phi) is 6.90. The second-order valence-corrected chi connectivity index (χ2v) is 4.67. The van der Waals surface area contributed by atoms with E-state index in [0.29, 0.717) is 16.7 Å². The third kappa shape index (κ3) is 3.98. The lowest BCUT2D eigenvalue weighted by atomic mass is 10.2. The van der Waals surface area contributed by atoms with E-state index in [9.17, 15) is 0 Å². The summed E-state index contributed by atoms with van der Waals surface area (Å²) in [6, 6.07) is 3.77. The Hall–Kier alpha value is -0.510. The van der Waals surface area contributed by atoms with Gasteiger partial charge in [0.2, 0.25) is 0 Å². The summed E-state index contributed by atoms with van der Waals surface area (Å²) in [5, 5.41) is 20.9. The Bertz CT molecular complexity index is 575. The van der Waals surface area contributed by atoms with Crippen LogP contribution in [0.3, 0.4) is 0 Å². The fraction of sp³-hybridized carbons (Fsp3) is 0.273. The van der Waals surface area contributed by atoms with E-state index >= 15 is 0 Å². The van der Waals surface area contributed by atoms with E-state index in [1.165, 1.54) is 11.8 Å². The molecule has 5 nitrogen and oxygen atoms in total. The molecule has 0 unspecified atom stereocenters. The van der Waals surface area contributed by atoms with Gasteiger partial charge >= 0.3 is 0 Å². The monoisotopic (exact) mass is 412 g/mol. The number of hydrogen-bond acceptors (Lipinski definition) is 4. The largest absolute Gasteiger partial charge is 0.394 e. The van der Waals surface area contributed by atoms with Crippen LogP contribution in [-0.4, -0.2) is 39.9 Å². The Morgan fingerprint density at radius 3 is 3.05 bits per heavy atom. The van der Waals surface area contributed by atoms with Gasteiger partial charge in [-0.25, -0.2) is 0 Å². The van der Waals surface area contributed by atoms with Crippen LogP contribution in [0.5, 0.6) is 0 Å². The Balaban J connectivity index is 0.00000180. The molecule has 0 atom stereocenters.